The van der Waals surface area contributed by atoms with Crippen LogP contribution in [0.2, 0.25) is 0 Å². The molecule has 24 heavy (non-hydrogen) atoms. The molecule has 9 nitrogen and oxygen atoms in total. The van der Waals surface area contributed by atoms with E-state index in [1.807, 2.05) is 0 Å². The molecule has 0 saturated carbocycles. The van der Waals surface area contributed by atoms with Crippen molar-refractivity contribution in [2.24, 2.45) is 5.10 Å². The third kappa shape index (κ3) is 4.04. The molecule has 0 saturated heterocycles. The molecule has 0 heterocycles. The van der Waals surface area contributed by atoms with Crippen LogP contribution >= 0.6 is 15.9 Å². The van der Waals surface area contributed by atoms with Crippen molar-refractivity contribution >= 4 is 39.2 Å². The van der Waals surface area contributed by atoms with E-state index in [1.54, 1.807) is 25.3 Å². The van der Waals surface area contributed by atoms with Crippen LogP contribution in [0.1, 0.15) is 5.56 Å². The van der Waals surface area contributed by atoms with Crippen LogP contribution in [0, 0.1) is 20.2 Å². The monoisotopic (exact) mass is 394 g/mol. The molecule has 2 rings (SSSR count). The van der Waals surface area contributed by atoms with Crippen molar-refractivity contribution in [3.8, 4) is 5.75 Å². The van der Waals surface area contributed by atoms with Gasteiger partial charge in [0.15, 0.2) is 0 Å². The molecule has 0 atom stereocenters. The minimum Gasteiger partial charge on any atom is -0.496 e. The number of halogens is 1. The summed E-state index contributed by atoms with van der Waals surface area (Å²) in [6.07, 6.45) is 1.45. The fraction of sp³-hybridized carbons (Fsp3) is 0.0714. The second-order valence-corrected chi connectivity index (χ2v) is 5.33. The van der Waals surface area contributed by atoms with Crippen molar-refractivity contribution in [2.45, 2.75) is 0 Å². The topological polar surface area (TPSA) is 120 Å². The maximum atomic E-state index is 11.0. The minimum atomic E-state index is -0.713. The molecule has 0 radical (unpaired) electrons. The van der Waals surface area contributed by atoms with Gasteiger partial charge in [-0.3, -0.25) is 25.7 Å². The number of rotatable bonds is 6. The summed E-state index contributed by atoms with van der Waals surface area (Å²) in [5.41, 5.74) is 2.49. The van der Waals surface area contributed by atoms with Crippen molar-refractivity contribution in [3.05, 3.63) is 66.7 Å². The molecule has 124 valence electrons. The third-order valence-electron chi connectivity index (χ3n) is 2.96. The van der Waals surface area contributed by atoms with Gasteiger partial charge in [-0.25, -0.2) is 0 Å². The molecule has 2 aromatic carbocycles. The number of hydrogen-bond donors (Lipinski definition) is 1. The summed E-state index contributed by atoms with van der Waals surface area (Å²) in [5, 5.41) is 25.6. The van der Waals surface area contributed by atoms with E-state index in [2.05, 4.69) is 26.5 Å². The van der Waals surface area contributed by atoms with Crippen LogP contribution in [-0.4, -0.2) is 23.2 Å². The van der Waals surface area contributed by atoms with Gasteiger partial charge in [-0.15, -0.1) is 0 Å². The first-order chi connectivity index (χ1) is 11.4. The zero-order chi connectivity index (χ0) is 17.7. The molecule has 0 spiro atoms. The zero-order valence-electron chi connectivity index (χ0n) is 12.3. The number of nitrogens with zero attached hydrogens (tertiary/aromatic N) is 3. The van der Waals surface area contributed by atoms with Crippen molar-refractivity contribution < 1.29 is 14.6 Å². The lowest BCUT2D eigenvalue weighted by molar-refractivity contribution is -0.393. The number of non-ortho nitro benzene ring substituents is 1. The van der Waals surface area contributed by atoms with Crippen LogP contribution < -0.4 is 10.2 Å². The standard InChI is InChI=1S/C14H11BrN4O5/c1-24-14-5-2-9(6-11(14)15)8-16-17-12-4-3-10(18(20)21)7-13(12)19(22)23/h2-8,17H,1H3/b16-8-. The van der Waals surface area contributed by atoms with E-state index in [0.717, 1.165) is 22.2 Å². The molecule has 10 heteroatoms. The summed E-state index contributed by atoms with van der Waals surface area (Å²) in [7, 11) is 1.54. The lowest BCUT2D eigenvalue weighted by atomic mass is 10.2. The Morgan fingerprint density at radius 3 is 2.50 bits per heavy atom. The highest BCUT2D eigenvalue weighted by molar-refractivity contribution is 9.10. The average molecular weight is 395 g/mol. The quantitative estimate of drug-likeness (QED) is 0.452. The van der Waals surface area contributed by atoms with Gasteiger partial charge < -0.3 is 4.74 Å². The van der Waals surface area contributed by atoms with Gasteiger partial charge in [-0.2, -0.15) is 5.10 Å². The molecule has 2 aromatic rings. The fourth-order valence-corrected chi connectivity index (χ4v) is 2.38. The van der Waals surface area contributed by atoms with E-state index in [9.17, 15) is 20.2 Å². The van der Waals surface area contributed by atoms with Gasteiger partial charge in [0, 0.05) is 6.07 Å². The highest BCUT2D eigenvalue weighted by Crippen LogP contribution is 2.29. The Bertz CT molecular complexity index is 825. The fourth-order valence-electron chi connectivity index (χ4n) is 1.82. The van der Waals surface area contributed by atoms with Crippen LogP contribution in [0.5, 0.6) is 5.75 Å². The second kappa shape index (κ2) is 7.51. The van der Waals surface area contributed by atoms with Gasteiger partial charge in [-0.1, -0.05) is 0 Å². The van der Waals surface area contributed by atoms with Gasteiger partial charge in [0.05, 0.1) is 33.7 Å². The first-order valence-corrected chi connectivity index (χ1v) is 7.27. The van der Waals surface area contributed by atoms with E-state index in [0.29, 0.717) is 5.75 Å². The smallest absolute Gasteiger partial charge is 0.301 e. The van der Waals surface area contributed by atoms with Gasteiger partial charge >= 0.3 is 5.69 Å². The molecule has 0 aliphatic heterocycles. The molecule has 1 N–H and O–H groups in total. The van der Waals surface area contributed by atoms with E-state index in [-0.39, 0.29) is 11.4 Å². The summed E-state index contributed by atoms with van der Waals surface area (Å²) < 4.78 is 5.84. The summed E-state index contributed by atoms with van der Waals surface area (Å²) in [5.74, 6) is 0.658. The first kappa shape index (κ1) is 17.3. The Labute approximate surface area is 144 Å². The number of nitro groups is 2. The van der Waals surface area contributed by atoms with Gasteiger partial charge in [0.1, 0.15) is 11.4 Å². The summed E-state index contributed by atoms with van der Waals surface area (Å²) in [6.45, 7) is 0. The van der Waals surface area contributed by atoms with Crippen LogP contribution in [0.15, 0.2) is 46.0 Å². The van der Waals surface area contributed by atoms with Crippen LogP contribution in [0.4, 0.5) is 17.1 Å². The highest BCUT2D eigenvalue weighted by Gasteiger charge is 2.19. The van der Waals surface area contributed by atoms with Crippen molar-refractivity contribution in [1.29, 1.82) is 0 Å². The Morgan fingerprint density at radius 2 is 1.92 bits per heavy atom. The molecular formula is C14H11BrN4O5. The Balaban J connectivity index is 2.20. The van der Waals surface area contributed by atoms with E-state index in [4.69, 9.17) is 4.74 Å². The molecule has 0 bridgehead atoms. The highest BCUT2D eigenvalue weighted by atomic mass is 79.9. The number of methoxy groups -OCH3 is 1. The van der Waals surface area contributed by atoms with Crippen LogP contribution in [0.3, 0.4) is 0 Å². The molecule has 0 amide bonds. The molecular weight excluding hydrogens is 384 g/mol. The predicted octanol–water partition coefficient (Wildman–Crippen LogP) is 3.72. The number of anilines is 1. The van der Waals surface area contributed by atoms with Crippen molar-refractivity contribution in [1.82, 2.24) is 0 Å². The van der Waals surface area contributed by atoms with Gasteiger partial charge in [0.2, 0.25) is 0 Å². The lowest BCUT2D eigenvalue weighted by Crippen LogP contribution is -1.98. The summed E-state index contributed by atoms with van der Waals surface area (Å²) in [4.78, 5) is 20.3. The predicted molar refractivity (Wildman–Crippen MR) is 91.7 cm³/mol. The second-order valence-electron chi connectivity index (χ2n) is 4.48. The molecule has 0 aliphatic carbocycles. The van der Waals surface area contributed by atoms with Crippen LogP contribution in [0.25, 0.3) is 0 Å². The Morgan fingerprint density at radius 1 is 1.17 bits per heavy atom. The van der Waals surface area contributed by atoms with E-state index < -0.39 is 15.5 Å². The third-order valence-corrected chi connectivity index (χ3v) is 3.58. The van der Waals surface area contributed by atoms with Gasteiger partial charge in [-0.05, 0) is 45.8 Å². The molecule has 0 aliphatic rings. The minimum absolute atomic E-state index is 0.0504. The lowest BCUT2D eigenvalue weighted by Gasteiger charge is -2.04. The number of nitro benzene ring substituents is 2. The Hall–Kier alpha value is -3.01. The number of ether oxygens (including phenoxy) is 1. The molecule has 0 unspecified atom stereocenters. The maximum absolute atomic E-state index is 11.0. The molecule has 0 aromatic heterocycles. The maximum Gasteiger partial charge on any atom is 0.301 e. The van der Waals surface area contributed by atoms with Crippen molar-refractivity contribution in [2.75, 3.05) is 12.5 Å². The zero-order valence-corrected chi connectivity index (χ0v) is 13.9. The Kier molecular flexibility index (Phi) is 5.42. The first-order valence-electron chi connectivity index (χ1n) is 6.48. The number of nitrogens with one attached hydrogen (secondary N) is 1. The average Bonchev–Trinajstić information content (AvgIpc) is 2.55. The largest absolute Gasteiger partial charge is 0.496 e. The SMILES string of the molecule is COc1ccc(/C=N\Nc2ccc([N+](=O)[O-])cc2[N+](=O)[O-])cc1Br. The van der Waals surface area contributed by atoms with E-state index in [1.165, 1.54) is 12.3 Å². The number of benzene rings is 2. The number of hydrazone groups is 1. The summed E-state index contributed by atoms with van der Waals surface area (Å²) in [6, 6.07) is 8.52. The van der Waals surface area contributed by atoms with Crippen molar-refractivity contribution in [3.63, 3.8) is 0 Å². The van der Waals surface area contributed by atoms with Gasteiger partial charge in [0.25, 0.3) is 5.69 Å². The van der Waals surface area contributed by atoms with E-state index >= 15 is 0 Å². The summed E-state index contributed by atoms with van der Waals surface area (Å²) >= 11 is 3.34. The number of hydrogen-bond acceptors (Lipinski definition) is 7. The van der Waals surface area contributed by atoms with Crippen LogP contribution in [-0.2, 0) is 0 Å². The normalized spacial score (nSPS) is 10.6. The molecule has 0 fully saturated rings.